The van der Waals surface area contributed by atoms with Crippen molar-refractivity contribution in [3.63, 3.8) is 0 Å². The summed E-state index contributed by atoms with van der Waals surface area (Å²) in [6.45, 7) is 6.58. The van der Waals surface area contributed by atoms with Gasteiger partial charge in [-0.25, -0.2) is 4.79 Å². The van der Waals surface area contributed by atoms with Crippen molar-refractivity contribution in [2.75, 3.05) is 19.8 Å². The van der Waals surface area contributed by atoms with Gasteiger partial charge in [0, 0.05) is 18.6 Å². The molecule has 0 saturated heterocycles. The van der Waals surface area contributed by atoms with Crippen LogP contribution in [0.5, 0.6) is 17.2 Å². The fourth-order valence-electron chi connectivity index (χ4n) is 2.64. The predicted octanol–water partition coefficient (Wildman–Crippen LogP) is 3.46. The van der Waals surface area contributed by atoms with Gasteiger partial charge in [-0.2, -0.15) is 0 Å². The number of hydrogen-bond donors (Lipinski definition) is 1. The highest BCUT2D eigenvalue weighted by Gasteiger charge is 2.19. The Morgan fingerprint density at radius 3 is 2.03 bits per heavy atom. The first-order valence-corrected chi connectivity index (χ1v) is 9.72. The van der Waals surface area contributed by atoms with Crippen LogP contribution in [-0.2, 0) is 11.3 Å². The highest BCUT2D eigenvalue weighted by molar-refractivity contribution is 5.92. The molecule has 10 nitrogen and oxygen atoms in total. The number of non-ortho nitro benzene ring substituents is 1. The van der Waals surface area contributed by atoms with Crippen LogP contribution in [0.4, 0.5) is 5.69 Å². The van der Waals surface area contributed by atoms with E-state index in [0.29, 0.717) is 42.6 Å². The van der Waals surface area contributed by atoms with Crippen molar-refractivity contribution in [1.82, 2.24) is 0 Å². The second-order valence-electron chi connectivity index (χ2n) is 6.16. The maximum atomic E-state index is 12.5. The lowest BCUT2D eigenvalue weighted by atomic mass is 10.1. The SMILES string of the molecule is CCOc1cc(C(=O)O/N=C(\N)Cc2ccc([N+](=O)[O-])cc2)cc(OCC)c1OCC. The molecule has 0 aliphatic rings. The zero-order valence-corrected chi connectivity index (χ0v) is 17.6. The molecule has 0 atom stereocenters. The molecule has 2 N–H and O–H groups in total. The number of hydrogen-bond acceptors (Lipinski definition) is 8. The number of carbonyl (C=O) groups is 1. The second-order valence-corrected chi connectivity index (χ2v) is 6.16. The van der Waals surface area contributed by atoms with Crippen LogP contribution in [0.25, 0.3) is 0 Å². The van der Waals surface area contributed by atoms with Crippen LogP contribution >= 0.6 is 0 Å². The van der Waals surface area contributed by atoms with E-state index in [9.17, 15) is 14.9 Å². The molecule has 0 aliphatic carbocycles. The van der Waals surface area contributed by atoms with Gasteiger partial charge in [0.25, 0.3) is 5.69 Å². The Hall–Kier alpha value is -3.82. The summed E-state index contributed by atoms with van der Waals surface area (Å²) in [6.07, 6.45) is 0.156. The van der Waals surface area contributed by atoms with Crippen molar-refractivity contribution in [1.29, 1.82) is 0 Å². The quantitative estimate of drug-likeness (QED) is 0.188. The van der Waals surface area contributed by atoms with Crippen molar-refractivity contribution in [3.8, 4) is 17.2 Å². The van der Waals surface area contributed by atoms with E-state index < -0.39 is 10.9 Å². The topological polar surface area (TPSA) is 136 Å². The van der Waals surface area contributed by atoms with Crippen molar-refractivity contribution < 1.29 is 28.8 Å². The molecular formula is C21H25N3O7. The third kappa shape index (κ3) is 6.59. The number of nitro groups is 1. The van der Waals surface area contributed by atoms with E-state index in [1.165, 1.54) is 24.3 Å². The predicted molar refractivity (Wildman–Crippen MR) is 114 cm³/mol. The summed E-state index contributed by atoms with van der Waals surface area (Å²) in [5.74, 6) is 0.388. The number of carbonyl (C=O) groups excluding carboxylic acids is 1. The minimum absolute atomic E-state index is 0.0307. The van der Waals surface area contributed by atoms with Crippen molar-refractivity contribution in [3.05, 3.63) is 57.6 Å². The van der Waals surface area contributed by atoms with Gasteiger partial charge in [-0.1, -0.05) is 17.3 Å². The molecule has 0 fully saturated rings. The highest BCUT2D eigenvalue weighted by Crippen LogP contribution is 2.39. The maximum absolute atomic E-state index is 12.5. The molecular weight excluding hydrogens is 406 g/mol. The zero-order valence-electron chi connectivity index (χ0n) is 17.6. The van der Waals surface area contributed by atoms with Crippen LogP contribution in [0.15, 0.2) is 41.6 Å². The Kier molecular flexibility index (Phi) is 8.62. The molecule has 2 aromatic rings. The van der Waals surface area contributed by atoms with E-state index in [0.717, 1.165) is 0 Å². The number of amidine groups is 1. The van der Waals surface area contributed by atoms with Crippen LogP contribution in [-0.4, -0.2) is 36.5 Å². The largest absolute Gasteiger partial charge is 0.490 e. The Morgan fingerprint density at radius 2 is 1.55 bits per heavy atom. The smallest absolute Gasteiger partial charge is 0.366 e. The first-order chi connectivity index (χ1) is 14.9. The number of ether oxygens (including phenoxy) is 3. The monoisotopic (exact) mass is 431 g/mol. The number of oxime groups is 1. The summed E-state index contributed by atoms with van der Waals surface area (Å²) in [4.78, 5) is 27.7. The van der Waals surface area contributed by atoms with E-state index in [1.54, 1.807) is 12.1 Å². The molecule has 0 radical (unpaired) electrons. The van der Waals surface area contributed by atoms with Gasteiger partial charge < -0.3 is 24.8 Å². The second kappa shape index (κ2) is 11.4. The van der Waals surface area contributed by atoms with Crippen LogP contribution in [0.1, 0.15) is 36.7 Å². The highest BCUT2D eigenvalue weighted by atomic mass is 16.7. The number of benzene rings is 2. The summed E-state index contributed by atoms with van der Waals surface area (Å²) in [7, 11) is 0. The average molecular weight is 431 g/mol. The Labute approximate surface area is 179 Å². The molecule has 10 heteroatoms. The number of rotatable bonds is 11. The van der Waals surface area contributed by atoms with E-state index in [1.807, 2.05) is 20.8 Å². The molecule has 0 spiro atoms. The molecule has 0 unspecified atom stereocenters. The van der Waals surface area contributed by atoms with Gasteiger partial charge in [0.1, 0.15) is 5.84 Å². The van der Waals surface area contributed by atoms with Gasteiger partial charge in [0.15, 0.2) is 11.5 Å². The summed E-state index contributed by atoms with van der Waals surface area (Å²) < 4.78 is 16.8. The Morgan fingerprint density at radius 1 is 1.00 bits per heavy atom. The third-order valence-electron chi connectivity index (χ3n) is 3.92. The van der Waals surface area contributed by atoms with Gasteiger partial charge in [0.05, 0.1) is 30.3 Å². The van der Waals surface area contributed by atoms with E-state index in [-0.39, 0.29) is 23.5 Å². The minimum Gasteiger partial charge on any atom is -0.490 e. The molecule has 0 amide bonds. The van der Waals surface area contributed by atoms with Crippen LogP contribution in [0.3, 0.4) is 0 Å². The summed E-state index contributed by atoms with van der Waals surface area (Å²) >= 11 is 0. The molecule has 166 valence electrons. The normalized spacial score (nSPS) is 11.0. The molecule has 31 heavy (non-hydrogen) atoms. The number of nitro benzene ring substituents is 1. The van der Waals surface area contributed by atoms with Gasteiger partial charge in [-0.3, -0.25) is 10.1 Å². The lowest BCUT2D eigenvalue weighted by molar-refractivity contribution is -0.384. The van der Waals surface area contributed by atoms with Gasteiger partial charge in [0.2, 0.25) is 5.75 Å². The average Bonchev–Trinajstić information content (AvgIpc) is 2.74. The van der Waals surface area contributed by atoms with Crippen LogP contribution < -0.4 is 19.9 Å². The molecule has 0 saturated carbocycles. The van der Waals surface area contributed by atoms with E-state index in [4.69, 9.17) is 24.8 Å². The van der Waals surface area contributed by atoms with Crippen LogP contribution in [0.2, 0.25) is 0 Å². The molecule has 0 heterocycles. The molecule has 2 aromatic carbocycles. The fourth-order valence-corrected chi connectivity index (χ4v) is 2.64. The van der Waals surface area contributed by atoms with Crippen LogP contribution in [0, 0.1) is 10.1 Å². The lowest BCUT2D eigenvalue weighted by Gasteiger charge is -2.16. The molecule has 2 rings (SSSR count). The lowest BCUT2D eigenvalue weighted by Crippen LogP contribution is -2.17. The third-order valence-corrected chi connectivity index (χ3v) is 3.92. The molecule has 0 aliphatic heterocycles. The molecule has 0 aromatic heterocycles. The summed E-state index contributed by atoms with van der Waals surface area (Å²) in [5.41, 5.74) is 6.62. The van der Waals surface area contributed by atoms with Gasteiger partial charge in [-0.05, 0) is 38.5 Å². The standard InChI is InChI=1S/C21H25N3O7/c1-4-28-17-12-15(13-18(29-5-2)20(17)30-6-3)21(25)31-23-19(22)11-14-7-9-16(10-8-14)24(26)27/h7-10,12-13H,4-6,11H2,1-3H3,(H2,22,23). The first kappa shape index (κ1) is 23.5. The Balaban J connectivity index is 2.16. The number of nitrogens with zero attached hydrogens (tertiary/aromatic N) is 2. The fraction of sp³-hybridized carbons (Fsp3) is 0.333. The van der Waals surface area contributed by atoms with Gasteiger partial charge >= 0.3 is 5.97 Å². The summed E-state index contributed by atoms with van der Waals surface area (Å²) in [5, 5.41) is 14.4. The first-order valence-electron chi connectivity index (χ1n) is 9.72. The van der Waals surface area contributed by atoms with E-state index >= 15 is 0 Å². The molecule has 0 bridgehead atoms. The Bertz CT molecular complexity index is 915. The summed E-state index contributed by atoms with van der Waals surface area (Å²) in [6, 6.07) is 8.80. The van der Waals surface area contributed by atoms with E-state index in [2.05, 4.69) is 5.16 Å². The van der Waals surface area contributed by atoms with Gasteiger partial charge in [-0.15, -0.1) is 0 Å². The van der Waals surface area contributed by atoms with Crippen molar-refractivity contribution in [2.45, 2.75) is 27.2 Å². The maximum Gasteiger partial charge on any atom is 0.366 e. The van der Waals surface area contributed by atoms with Crippen molar-refractivity contribution >= 4 is 17.5 Å². The van der Waals surface area contributed by atoms with Crippen molar-refractivity contribution in [2.24, 2.45) is 10.9 Å². The minimum atomic E-state index is -0.753. The number of nitrogens with two attached hydrogens (primary N) is 1. The zero-order chi connectivity index (χ0) is 22.8.